The van der Waals surface area contributed by atoms with E-state index >= 15 is 0 Å². The van der Waals surface area contributed by atoms with Crippen LogP contribution in [0, 0.1) is 5.92 Å². The fraction of sp³-hybridized carbons (Fsp3) is 0.517. The molecule has 1 atom stereocenters. The van der Waals surface area contributed by atoms with E-state index in [0.717, 1.165) is 55.9 Å². The van der Waals surface area contributed by atoms with Gasteiger partial charge in [-0.1, -0.05) is 13.8 Å². The molecule has 38 heavy (non-hydrogen) atoms. The predicted molar refractivity (Wildman–Crippen MR) is 155 cm³/mol. The second-order valence-corrected chi connectivity index (χ2v) is 13.6. The number of carbonyl (C=O) groups excluding carboxylic acids is 2. The molecule has 1 unspecified atom stereocenters. The van der Waals surface area contributed by atoms with E-state index in [2.05, 4.69) is 46.3 Å². The van der Waals surface area contributed by atoms with Crippen LogP contribution in [0.4, 0.5) is 9.80 Å². The van der Waals surface area contributed by atoms with Crippen molar-refractivity contribution in [2.75, 3.05) is 18.4 Å². The Balaban J connectivity index is 1.37. The topological polar surface area (TPSA) is 75.6 Å². The minimum Gasteiger partial charge on any atom is -0.456 e. The molecule has 0 radical (unpaired) electrons. The van der Waals surface area contributed by atoms with Gasteiger partial charge in [-0.15, -0.1) is 22.7 Å². The lowest BCUT2D eigenvalue weighted by Gasteiger charge is -2.25. The first kappa shape index (κ1) is 27.0. The number of hydrogen-bond acceptors (Lipinski definition) is 6. The van der Waals surface area contributed by atoms with Crippen LogP contribution in [0.1, 0.15) is 77.8 Å². The Morgan fingerprint density at radius 3 is 2.58 bits per heavy atom. The third-order valence-corrected chi connectivity index (χ3v) is 9.75. The van der Waals surface area contributed by atoms with Crippen molar-refractivity contribution in [3.63, 3.8) is 0 Å². The zero-order chi connectivity index (χ0) is 27.0. The Morgan fingerprint density at radius 2 is 1.87 bits per heavy atom. The van der Waals surface area contributed by atoms with Crippen molar-refractivity contribution in [2.45, 2.75) is 79.0 Å². The smallest absolute Gasteiger partial charge is 0.341 e. The number of anilines is 1. The van der Waals surface area contributed by atoms with Crippen molar-refractivity contribution in [1.82, 2.24) is 14.8 Å². The van der Waals surface area contributed by atoms with Crippen molar-refractivity contribution >= 4 is 39.7 Å². The highest BCUT2D eigenvalue weighted by Gasteiger charge is 2.31. The van der Waals surface area contributed by atoms with Gasteiger partial charge in [-0.25, -0.2) is 9.59 Å². The SMILES string of the molecule is CCN1CCc2c(sc(-n3cccc3)c2CNC(=O)Nc2sc3c(c2C(=O)OC(C)(C)C)CC(C)CC3)C1. The van der Waals surface area contributed by atoms with E-state index in [-0.39, 0.29) is 12.0 Å². The zero-order valence-corrected chi connectivity index (χ0v) is 24.6. The first-order valence-electron chi connectivity index (χ1n) is 13.5. The monoisotopic (exact) mass is 554 g/mol. The van der Waals surface area contributed by atoms with Crippen molar-refractivity contribution < 1.29 is 14.3 Å². The van der Waals surface area contributed by atoms with Crippen LogP contribution < -0.4 is 10.6 Å². The molecule has 1 aliphatic carbocycles. The van der Waals surface area contributed by atoms with E-state index in [1.165, 1.54) is 32.2 Å². The van der Waals surface area contributed by atoms with Gasteiger partial charge in [-0.2, -0.15) is 0 Å². The van der Waals surface area contributed by atoms with Gasteiger partial charge in [0.25, 0.3) is 0 Å². The summed E-state index contributed by atoms with van der Waals surface area (Å²) in [5.74, 6) is 0.141. The van der Waals surface area contributed by atoms with Gasteiger partial charge in [0.2, 0.25) is 0 Å². The Hall–Kier alpha value is -2.62. The van der Waals surface area contributed by atoms with Gasteiger partial charge >= 0.3 is 12.0 Å². The van der Waals surface area contributed by atoms with Gasteiger partial charge in [0.05, 0.1) is 5.56 Å². The van der Waals surface area contributed by atoms with E-state index in [9.17, 15) is 9.59 Å². The quantitative estimate of drug-likeness (QED) is 0.347. The number of esters is 1. The molecule has 0 saturated heterocycles. The van der Waals surface area contributed by atoms with Gasteiger partial charge < -0.3 is 14.6 Å². The number of rotatable bonds is 6. The second kappa shape index (κ2) is 10.9. The Bertz CT molecular complexity index is 1320. The number of urea groups is 1. The summed E-state index contributed by atoms with van der Waals surface area (Å²) >= 11 is 3.33. The Morgan fingerprint density at radius 1 is 1.11 bits per heavy atom. The van der Waals surface area contributed by atoms with Crippen LogP contribution in [-0.4, -0.2) is 40.2 Å². The lowest BCUT2D eigenvalue weighted by molar-refractivity contribution is 0.00697. The number of hydrogen-bond donors (Lipinski definition) is 2. The third-order valence-electron chi connectivity index (χ3n) is 7.27. The molecule has 0 bridgehead atoms. The fourth-order valence-electron chi connectivity index (χ4n) is 5.35. The number of fused-ring (bicyclic) bond motifs is 2. The standard InChI is InChI=1S/C29H38N4O3S2/c1-6-32-14-11-19-21(26(38-23(19)17-32)33-12-7-8-13-33)16-30-28(35)31-25-24(27(34)36-29(3,4)5)20-15-18(2)9-10-22(20)37-25/h7-8,12-13,18H,6,9-11,14-17H2,1-5H3,(H2,30,31,35). The molecule has 3 aromatic heterocycles. The second-order valence-electron chi connectivity index (χ2n) is 11.4. The molecular weight excluding hydrogens is 516 g/mol. The fourth-order valence-corrected chi connectivity index (χ4v) is 7.95. The number of carbonyl (C=O) groups is 2. The van der Waals surface area contributed by atoms with Crippen LogP contribution in [0.15, 0.2) is 24.5 Å². The molecule has 1 aliphatic heterocycles. The van der Waals surface area contributed by atoms with Crippen molar-refractivity contribution in [3.8, 4) is 5.00 Å². The molecule has 3 aromatic rings. The molecule has 0 aromatic carbocycles. The van der Waals surface area contributed by atoms with E-state index in [4.69, 9.17) is 4.74 Å². The summed E-state index contributed by atoms with van der Waals surface area (Å²) in [4.78, 5) is 31.5. The molecule has 7 nitrogen and oxygen atoms in total. The van der Waals surface area contributed by atoms with Crippen LogP contribution in [0.25, 0.3) is 5.00 Å². The highest BCUT2D eigenvalue weighted by Crippen LogP contribution is 2.41. The first-order valence-corrected chi connectivity index (χ1v) is 15.2. The highest BCUT2D eigenvalue weighted by molar-refractivity contribution is 7.17. The van der Waals surface area contributed by atoms with Gasteiger partial charge in [-0.05, 0) is 82.2 Å². The summed E-state index contributed by atoms with van der Waals surface area (Å²) in [5.41, 5.74) is 3.51. The molecule has 4 heterocycles. The molecule has 2 amide bonds. The first-order chi connectivity index (χ1) is 18.1. The molecule has 5 rings (SSSR count). The van der Waals surface area contributed by atoms with Crippen LogP contribution in [0.5, 0.6) is 0 Å². The minimum atomic E-state index is -0.605. The normalized spacial score (nSPS) is 17.6. The molecule has 9 heteroatoms. The summed E-state index contributed by atoms with van der Waals surface area (Å²) in [6.07, 6.45) is 7.95. The third kappa shape index (κ3) is 5.70. The Kier molecular flexibility index (Phi) is 7.71. The van der Waals surface area contributed by atoms with Crippen LogP contribution in [0.2, 0.25) is 0 Å². The van der Waals surface area contributed by atoms with Crippen molar-refractivity contribution in [1.29, 1.82) is 0 Å². The maximum Gasteiger partial charge on any atom is 0.341 e. The summed E-state index contributed by atoms with van der Waals surface area (Å²) in [5, 5.41) is 7.87. The molecule has 2 aliphatic rings. The van der Waals surface area contributed by atoms with Crippen molar-refractivity contribution in [2.24, 2.45) is 5.92 Å². The van der Waals surface area contributed by atoms with Gasteiger partial charge in [0.15, 0.2) is 0 Å². The maximum atomic E-state index is 13.2. The number of nitrogens with zero attached hydrogens (tertiary/aromatic N) is 2. The van der Waals surface area contributed by atoms with E-state index in [1.54, 1.807) is 0 Å². The summed E-state index contributed by atoms with van der Waals surface area (Å²) < 4.78 is 7.89. The van der Waals surface area contributed by atoms with E-state index in [0.29, 0.717) is 23.0 Å². The number of nitrogens with one attached hydrogen (secondary N) is 2. The molecule has 2 N–H and O–H groups in total. The lowest BCUT2D eigenvalue weighted by Crippen LogP contribution is -2.32. The number of aryl methyl sites for hydroxylation is 1. The number of likely N-dealkylation sites (N-methyl/N-ethyl adjacent to an activating group) is 1. The summed E-state index contributed by atoms with van der Waals surface area (Å²) in [6.45, 7) is 13.5. The number of aromatic nitrogens is 1. The Labute approximate surface area is 233 Å². The number of amides is 2. The summed E-state index contributed by atoms with van der Waals surface area (Å²) in [7, 11) is 0. The van der Waals surface area contributed by atoms with Crippen LogP contribution in [-0.2, 0) is 37.1 Å². The van der Waals surface area contributed by atoms with Crippen molar-refractivity contribution in [3.05, 3.63) is 56.5 Å². The average Bonchev–Trinajstić information content (AvgIpc) is 3.58. The maximum absolute atomic E-state index is 13.2. The lowest BCUT2D eigenvalue weighted by atomic mass is 9.88. The predicted octanol–water partition coefficient (Wildman–Crippen LogP) is 6.38. The van der Waals surface area contributed by atoms with E-state index in [1.807, 2.05) is 44.2 Å². The van der Waals surface area contributed by atoms with Gasteiger partial charge in [-0.3, -0.25) is 10.2 Å². The largest absolute Gasteiger partial charge is 0.456 e. The van der Waals surface area contributed by atoms with E-state index < -0.39 is 5.60 Å². The minimum absolute atomic E-state index is 0.300. The molecular formula is C29H38N4O3S2. The highest BCUT2D eigenvalue weighted by atomic mass is 32.1. The van der Waals surface area contributed by atoms with Crippen LogP contribution in [0.3, 0.4) is 0 Å². The number of thiophene rings is 2. The van der Waals surface area contributed by atoms with Gasteiger partial charge in [0.1, 0.15) is 15.6 Å². The molecule has 204 valence electrons. The molecule has 0 spiro atoms. The zero-order valence-electron chi connectivity index (χ0n) is 23.0. The average molecular weight is 555 g/mol. The van der Waals surface area contributed by atoms with Gasteiger partial charge in [0, 0.05) is 47.3 Å². The molecule has 0 saturated carbocycles. The molecule has 0 fully saturated rings. The number of ether oxygens (including phenoxy) is 1. The van der Waals surface area contributed by atoms with Crippen LogP contribution >= 0.6 is 22.7 Å². The summed E-state index contributed by atoms with van der Waals surface area (Å²) in [6, 6.07) is 3.75.